The number of nitrogens with zero attached hydrogens (tertiary/aromatic N) is 4. The zero-order valence-corrected chi connectivity index (χ0v) is 13.5. The zero-order chi connectivity index (χ0) is 15.4. The van der Waals surface area contributed by atoms with Gasteiger partial charge in [-0.25, -0.2) is 9.97 Å². The molecule has 0 saturated carbocycles. The van der Waals surface area contributed by atoms with Crippen LogP contribution in [0.15, 0.2) is 18.7 Å². The largest absolute Gasteiger partial charge is 0.378 e. The summed E-state index contributed by atoms with van der Waals surface area (Å²) in [4.78, 5) is 14.3. The maximum Gasteiger partial charge on any atom is 0.160 e. The topological polar surface area (TPSA) is 59.0 Å². The minimum Gasteiger partial charge on any atom is -0.378 e. The van der Waals surface area contributed by atoms with Crippen molar-refractivity contribution in [1.82, 2.24) is 24.4 Å². The van der Waals surface area contributed by atoms with Crippen LogP contribution in [0.1, 0.15) is 25.0 Å². The lowest BCUT2D eigenvalue weighted by atomic mass is 10.1. The van der Waals surface area contributed by atoms with E-state index in [1.165, 1.54) is 0 Å². The molecule has 1 aliphatic rings. The van der Waals surface area contributed by atoms with E-state index in [9.17, 15) is 0 Å². The van der Waals surface area contributed by atoms with Gasteiger partial charge in [0.2, 0.25) is 0 Å². The van der Waals surface area contributed by atoms with Crippen LogP contribution in [0.4, 0.5) is 0 Å². The van der Waals surface area contributed by atoms with Crippen molar-refractivity contribution >= 4 is 0 Å². The number of hydrogen-bond acceptors (Lipinski definition) is 4. The van der Waals surface area contributed by atoms with Crippen molar-refractivity contribution < 1.29 is 4.74 Å². The van der Waals surface area contributed by atoms with E-state index in [1.807, 2.05) is 19.3 Å². The fourth-order valence-electron chi connectivity index (χ4n) is 2.93. The van der Waals surface area contributed by atoms with Gasteiger partial charge in [0.1, 0.15) is 5.69 Å². The fraction of sp³-hybridized carbons (Fsp3) is 0.625. The first-order valence-electron chi connectivity index (χ1n) is 8.05. The molecule has 0 spiro atoms. The van der Waals surface area contributed by atoms with Crippen molar-refractivity contribution in [2.24, 2.45) is 0 Å². The van der Waals surface area contributed by atoms with Crippen LogP contribution in [0.3, 0.4) is 0 Å². The van der Waals surface area contributed by atoms with Gasteiger partial charge >= 0.3 is 0 Å². The monoisotopic (exact) mass is 303 g/mol. The van der Waals surface area contributed by atoms with Gasteiger partial charge in [0.15, 0.2) is 5.82 Å². The molecule has 2 aromatic rings. The highest BCUT2D eigenvalue weighted by molar-refractivity contribution is 5.52. The fourth-order valence-corrected chi connectivity index (χ4v) is 2.93. The highest BCUT2D eigenvalue weighted by atomic mass is 16.5. The highest BCUT2D eigenvalue weighted by Gasteiger charge is 2.16. The molecule has 0 radical (unpaired) electrons. The molecule has 0 amide bonds. The van der Waals surface area contributed by atoms with E-state index in [1.54, 1.807) is 6.33 Å². The van der Waals surface area contributed by atoms with Gasteiger partial charge < -0.3 is 19.2 Å². The van der Waals surface area contributed by atoms with Crippen molar-refractivity contribution in [2.45, 2.75) is 38.8 Å². The summed E-state index contributed by atoms with van der Waals surface area (Å²) in [6.45, 7) is 6.04. The molecule has 1 fully saturated rings. The van der Waals surface area contributed by atoms with E-state index >= 15 is 0 Å². The molecule has 2 aromatic heterocycles. The lowest BCUT2D eigenvalue weighted by Gasteiger charge is -2.28. The Kier molecular flexibility index (Phi) is 4.90. The lowest BCUT2D eigenvalue weighted by molar-refractivity contribution is 0.0103. The number of imidazole rings is 2. The maximum absolute atomic E-state index is 6.00. The summed E-state index contributed by atoms with van der Waals surface area (Å²) < 4.78 is 8.16. The molecule has 0 aliphatic carbocycles. The SMILES string of the molecule is Cc1[nH]cnc1-c1nccn1CCCOC1CCN(C)CC1. The smallest absolute Gasteiger partial charge is 0.160 e. The summed E-state index contributed by atoms with van der Waals surface area (Å²) in [7, 11) is 2.17. The van der Waals surface area contributed by atoms with Crippen LogP contribution in [-0.2, 0) is 11.3 Å². The Morgan fingerprint density at radius 1 is 1.32 bits per heavy atom. The number of nitrogens with one attached hydrogen (secondary N) is 1. The van der Waals surface area contributed by atoms with Crippen LogP contribution in [-0.4, -0.2) is 57.3 Å². The molecule has 6 nitrogen and oxygen atoms in total. The summed E-state index contributed by atoms with van der Waals surface area (Å²) in [6, 6.07) is 0. The van der Waals surface area contributed by atoms with Gasteiger partial charge in [-0.05, 0) is 33.2 Å². The lowest BCUT2D eigenvalue weighted by Crippen LogP contribution is -2.34. The molecular weight excluding hydrogens is 278 g/mol. The number of aromatic nitrogens is 4. The quantitative estimate of drug-likeness (QED) is 0.830. The molecule has 1 aliphatic heterocycles. The minimum absolute atomic E-state index is 0.437. The third kappa shape index (κ3) is 3.56. The molecule has 1 N–H and O–H groups in total. The predicted octanol–water partition coefficient (Wildman–Crippen LogP) is 2.08. The molecule has 0 unspecified atom stereocenters. The van der Waals surface area contributed by atoms with Gasteiger partial charge in [-0.3, -0.25) is 0 Å². The van der Waals surface area contributed by atoms with E-state index in [-0.39, 0.29) is 0 Å². The third-order valence-electron chi connectivity index (χ3n) is 4.32. The Morgan fingerprint density at radius 2 is 2.14 bits per heavy atom. The average molecular weight is 303 g/mol. The number of H-pyrrole nitrogens is 1. The Morgan fingerprint density at radius 3 is 2.86 bits per heavy atom. The summed E-state index contributed by atoms with van der Waals surface area (Å²) >= 11 is 0. The Labute approximate surface area is 131 Å². The Bertz CT molecular complexity index is 583. The van der Waals surface area contributed by atoms with Crippen LogP contribution in [0.5, 0.6) is 0 Å². The van der Waals surface area contributed by atoms with Gasteiger partial charge in [0, 0.05) is 44.3 Å². The molecule has 0 atom stereocenters. The van der Waals surface area contributed by atoms with Gasteiger partial charge in [0.05, 0.1) is 12.4 Å². The van der Waals surface area contributed by atoms with Crippen LogP contribution in [0.2, 0.25) is 0 Å². The van der Waals surface area contributed by atoms with Crippen LogP contribution >= 0.6 is 0 Å². The molecule has 0 bridgehead atoms. The van der Waals surface area contributed by atoms with Crippen molar-refractivity contribution in [2.75, 3.05) is 26.7 Å². The second-order valence-corrected chi connectivity index (χ2v) is 6.05. The predicted molar refractivity (Wildman–Crippen MR) is 85.6 cm³/mol. The normalized spacial score (nSPS) is 17.2. The molecule has 1 saturated heterocycles. The summed E-state index contributed by atoms with van der Waals surface area (Å²) in [5, 5.41) is 0. The van der Waals surface area contributed by atoms with E-state index in [4.69, 9.17) is 4.74 Å². The van der Waals surface area contributed by atoms with E-state index in [0.717, 1.165) is 62.7 Å². The molecule has 3 rings (SSSR count). The molecule has 6 heteroatoms. The first kappa shape index (κ1) is 15.2. The number of aryl methyl sites for hydroxylation is 2. The number of hydrogen-bond donors (Lipinski definition) is 1. The van der Waals surface area contributed by atoms with Gasteiger partial charge in [-0.15, -0.1) is 0 Å². The Hall–Kier alpha value is -1.66. The summed E-state index contributed by atoms with van der Waals surface area (Å²) in [5.74, 6) is 0.929. The van der Waals surface area contributed by atoms with Gasteiger partial charge in [0.25, 0.3) is 0 Å². The second kappa shape index (κ2) is 7.07. The maximum atomic E-state index is 6.00. The number of piperidine rings is 1. The molecule has 3 heterocycles. The van der Waals surface area contributed by atoms with Crippen molar-refractivity contribution in [3.05, 3.63) is 24.4 Å². The third-order valence-corrected chi connectivity index (χ3v) is 4.32. The molecule has 120 valence electrons. The summed E-state index contributed by atoms with van der Waals surface area (Å²) in [5.41, 5.74) is 1.98. The van der Waals surface area contributed by atoms with Crippen LogP contribution < -0.4 is 0 Å². The van der Waals surface area contributed by atoms with E-state index in [0.29, 0.717) is 6.10 Å². The van der Waals surface area contributed by atoms with Crippen LogP contribution in [0.25, 0.3) is 11.5 Å². The van der Waals surface area contributed by atoms with Gasteiger partial charge in [-0.1, -0.05) is 0 Å². The van der Waals surface area contributed by atoms with Crippen molar-refractivity contribution in [3.63, 3.8) is 0 Å². The number of aromatic amines is 1. The molecule has 0 aromatic carbocycles. The van der Waals surface area contributed by atoms with E-state index < -0.39 is 0 Å². The number of rotatable bonds is 6. The first-order valence-corrected chi connectivity index (χ1v) is 8.05. The minimum atomic E-state index is 0.437. The molecular formula is C16H25N5O. The number of ether oxygens (including phenoxy) is 1. The molecule has 22 heavy (non-hydrogen) atoms. The number of likely N-dealkylation sites (tertiary alicyclic amines) is 1. The summed E-state index contributed by atoms with van der Waals surface area (Å²) in [6.07, 6.45) is 9.30. The van der Waals surface area contributed by atoms with Crippen molar-refractivity contribution in [3.8, 4) is 11.5 Å². The average Bonchev–Trinajstić information content (AvgIpc) is 3.14. The van der Waals surface area contributed by atoms with Crippen molar-refractivity contribution in [1.29, 1.82) is 0 Å². The van der Waals surface area contributed by atoms with Gasteiger partial charge in [-0.2, -0.15) is 0 Å². The standard InChI is InChI=1S/C16H25N5O/c1-13-15(19-12-18-13)16-17-6-10-21(16)7-3-11-22-14-4-8-20(2)9-5-14/h6,10,12,14H,3-5,7-9,11H2,1-2H3,(H,18,19). The van der Waals surface area contributed by atoms with E-state index in [2.05, 4.69) is 31.5 Å². The van der Waals surface area contributed by atoms with Crippen LogP contribution in [0, 0.1) is 6.92 Å². The first-order chi connectivity index (χ1) is 10.7. The Balaban J connectivity index is 1.47. The highest BCUT2D eigenvalue weighted by Crippen LogP contribution is 2.18. The zero-order valence-electron chi connectivity index (χ0n) is 13.5. The second-order valence-electron chi connectivity index (χ2n) is 6.05.